The molecule has 1 fully saturated rings. The quantitative estimate of drug-likeness (QED) is 0.926. The van der Waals surface area contributed by atoms with Gasteiger partial charge in [0, 0.05) is 31.9 Å². The van der Waals surface area contributed by atoms with Crippen molar-refractivity contribution in [1.82, 2.24) is 5.32 Å². The number of alkyl halides is 3. The van der Waals surface area contributed by atoms with E-state index >= 15 is 0 Å². The molecule has 0 bridgehead atoms. The molecule has 1 unspecified atom stereocenters. The van der Waals surface area contributed by atoms with Gasteiger partial charge >= 0.3 is 6.18 Å². The van der Waals surface area contributed by atoms with Gasteiger partial charge in [0.25, 0.3) is 0 Å². The number of hydrogen-bond acceptors (Lipinski definition) is 4. The lowest BCUT2D eigenvalue weighted by Crippen LogP contribution is -2.43. The van der Waals surface area contributed by atoms with Crippen LogP contribution in [0.4, 0.5) is 18.9 Å². The Morgan fingerprint density at radius 2 is 1.86 bits per heavy atom. The molecule has 1 aromatic carbocycles. The van der Waals surface area contributed by atoms with Crippen LogP contribution in [0.1, 0.15) is 0 Å². The van der Waals surface area contributed by atoms with Crippen LogP contribution in [0.15, 0.2) is 24.3 Å². The molecule has 1 atom stereocenters. The summed E-state index contributed by atoms with van der Waals surface area (Å²) >= 11 is 0. The Labute approximate surface area is 121 Å². The number of nitriles is 1. The summed E-state index contributed by atoms with van der Waals surface area (Å²) in [5, 5.41) is 11.7. The van der Waals surface area contributed by atoms with Crippen molar-refractivity contribution in [2.75, 3.05) is 37.7 Å². The summed E-state index contributed by atoms with van der Waals surface area (Å²) in [5.74, 6) is -1.77. The van der Waals surface area contributed by atoms with Crippen LogP contribution in [0.3, 0.4) is 0 Å². The van der Waals surface area contributed by atoms with Gasteiger partial charge < -0.3 is 15.0 Å². The maximum absolute atomic E-state index is 12.4. The number of ether oxygens (including phenoxy) is 1. The maximum Gasteiger partial charge on any atom is 0.407 e. The number of anilines is 1. The van der Waals surface area contributed by atoms with Crippen molar-refractivity contribution in [2.24, 2.45) is 5.92 Å². The van der Waals surface area contributed by atoms with Crippen LogP contribution in [0.25, 0.3) is 0 Å². The van der Waals surface area contributed by atoms with Crippen molar-refractivity contribution in [3.05, 3.63) is 24.3 Å². The highest BCUT2D eigenvalue weighted by molar-refractivity contribution is 5.49. The van der Waals surface area contributed by atoms with Crippen LogP contribution in [-0.4, -0.2) is 39.0 Å². The van der Waals surface area contributed by atoms with Gasteiger partial charge in [-0.3, -0.25) is 0 Å². The van der Waals surface area contributed by atoms with E-state index in [1.807, 2.05) is 12.1 Å². The second-order valence-corrected chi connectivity index (χ2v) is 4.77. The lowest BCUT2D eigenvalue weighted by atomic mass is 10.2. The minimum atomic E-state index is -4.56. The fourth-order valence-electron chi connectivity index (χ4n) is 2.06. The molecule has 1 aliphatic rings. The van der Waals surface area contributed by atoms with E-state index < -0.39 is 18.7 Å². The second kappa shape index (κ2) is 6.68. The summed E-state index contributed by atoms with van der Waals surface area (Å²) < 4.78 is 42.3. The highest BCUT2D eigenvalue weighted by Crippen LogP contribution is 2.27. The third kappa shape index (κ3) is 4.26. The first-order valence-electron chi connectivity index (χ1n) is 6.65. The molecule has 21 heavy (non-hydrogen) atoms. The van der Waals surface area contributed by atoms with Gasteiger partial charge in [0.1, 0.15) is 12.4 Å². The average Bonchev–Trinajstić information content (AvgIpc) is 2.48. The number of nitrogens with zero attached hydrogens (tertiary/aromatic N) is 2. The zero-order valence-electron chi connectivity index (χ0n) is 11.4. The predicted molar refractivity (Wildman–Crippen MR) is 72.2 cm³/mol. The number of halogens is 3. The largest absolute Gasteiger partial charge is 0.492 e. The smallest absolute Gasteiger partial charge is 0.407 e. The van der Waals surface area contributed by atoms with Gasteiger partial charge in [-0.2, -0.15) is 18.4 Å². The zero-order valence-corrected chi connectivity index (χ0v) is 11.4. The first kappa shape index (κ1) is 15.4. The molecule has 1 N–H and O–H groups in total. The van der Waals surface area contributed by atoms with Crippen molar-refractivity contribution >= 4 is 5.69 Å². The molecule has 7 heteroatoms. The summed E-state index contributed by atoms with van der Waals surface area (Å²) in [6, 6.07) is 8.09. The van der Waals surface area contributed by atoms with Crippen molar-refractivity contribution in [1.29, 1.82) is 5.26 Å². The Hall–Kier alpha value is -1.94. The number of benzene rings is 1. The number of hydrogen-bond donors (Lipinski definition) is 1. The Morgan fingerprint density at radius 3 is 2.38 bits per heavy atom. The molecule has 0 saturated carbocycles. The first-order chi connectivity index (χ1) is 10.0. The average molecular weight is 299 g/mol. The molecule has 114 valence electrons. The third-order valence-corrected chi connectivity index (χ3v) is 3.29. The molecule has 1 aromatic rings. The molecule has 2 rings (SSSR count). The minimum Gasteiger partial charge on any atom is -0.492 e. The summed E-state index contributed by atoms with van der Waals surface area (Å²) in [6.45, 7) is 2.92. The maximum atomic E-state index is 12.4. The van der Waals surface area contributed by atoms with Crippen molar-refractivity contribution < 1.29 is 17.9 Å². The fourth-order valence-corrected chi connectivity index (χ4v) is 2.06. The van der Waals surface area contributed by atoms with Gasteiger partial charge in [-0.1, -0.05) is 0 Å². The van der Waals surface area contributed by atoms with Gasteiger partial charge in [0.05, 0.1) is 6.07 Å². The van der Waals surface area contributed by atoms with Gasteiger partial charge in [-0.25, -0.2) is 0 Å². The van der Waals surface area contributed by atoms with E-state index in [1.54, 1.807) is 12.1 Å². The Bertz CT molecular complexity index is 490. The van der Waals surface area contributed by atoms with Crippen LogP contribution in [0.2, 0.25) is 0 Å². The van der Waals surface area contributed by atoms with Gasteiger partial charge in [-0.15, -0.1) is 0 Å². The Kier molecular flexibility index (Phi) is 4.91. The molecule has 1 saturated heterocycles. The molecule has 0 spiro atoms. The normalized spacial score (nSPS) is 17.1. The van der Waals surface area contributed by atoms with E-state index in [0.29, 0.717) is 5.75 Å². The topological polar surface area (TPSA) is 48.3 Å². The lowest BCUT2D eigenvalue weighted by Gasteiger charge is -2.29. The number of nitrogens with one attached hydrogen (secondary N) is 1. The van der Waals surface area contributed by atoms with Crippen LogP contribution in [-0.2, 0) is 0 Å². The molecule has 0 radical (unpaired) electrons. The fraction of sp³-hybridized carbons (Fsp3) is 0.500. The van der Waals surface area contributed by atoms with Crippen LogP contribution >= 0.6 is 0 Å². The molecule has 0 aliphatic carbocycles. The summed E-state index contributed by atoms with van der Waals surface area (Å²) in [4.78, 5) is 2.19. The summed E-state index contributed by atoms with van der Waals surface area (Å²) in [7, 11) is 0. The van der Waals surface area contributed by atoms with E-state index in [-0.39, 0.29) is 0 Å². The second-order valence-electron chi connectivity index (χ2n) is 4.77. The van der Waals surface area contributed by atoms with Gasteiger partial charge in [-0.05, 0) is 24.3 Å². The number of rotatable bonds is 4. The molecule has 0 amide bonds. The van der Waals surface area contributed by atoms with E-state index in [1.165, 1.54) is 6.07 Å². The summed E-state index contributed by atoms with van der Waals surface area (Å²) in [6.07, 6.45) is -4.56. The number of piperazine rings is 1. The first-order valence-corrected chi connectivity index (χ1v) is 6.65. The van der Waals surface area contributed by atoms with E-state index in [0.717, 1.165) is 31.9 Å². The van der Waals surface area contributed by atoms with Gasteiger partial charge in [0.15, 0.2) is 5.92 Å². The predicted octanol–water partition coefficient (Wildman–Crippen LogP) is 2.18. The van der Waals surface area contributed by atoms with Crippen LogP contribution in [0.5, 0.6) is 5.75 Å². The molecule has 4 nitrogen and oxygen atoms in total. The standard InChI is InChI=1S/C14H16F3N3O/c15-14(16,17)11(9-18)10-21-13-3-1-12(2-4-13)20-7-5-19-6-8-20/h1-4,11,19H,5-8,10H2. The van der Waals surface area contributed by atoms with Crippen molar-refractivity contribution in [3.63, 3.8) is 0 Å². The van der Waals surface area contributed by atoms with E-state index in [4.69, 9.17) is 10.00 Å². The minimum absolute atomic E-state index is 0.332. The van der Waals surface area contributed by atoms with E-state index in [2.05, 4.69) is 10.2 Å². The SMILES string of the molecule is N#CC(COc1ccc(N2CCNCC2)cc1)C(F)(F)F. The Morgan fingerprint density at radius 1 is 1.24 bits per heavy atom. The molecule has 1 aliphatic heterocycles. The Balaban J connectivity index is 1.92. The zero-order chi connectivity index (χ0) is 15.3. The van der Waals surface area contributed by atoms with Gasteiger partial charge in [0.2, 0.25) is 0 Å². The molecular formula is C14H16F3N3O. The summed E-state index contributed by atoms with van der Waals surface area (Å²) in [5.41, 5.74) is 1.01. The molecule has 1 heterocycles. The molecule has 0 aromatic heterocycles. The van der Waals surface area contributed by atoms with Crippen LogP contribution in [0, 0.1) is 17.2 Å². The molecular weight excluding hydrogens is 283 g/mol. The third-order valence-electron chi connectivity index (χ3n) is 3.29. The van der Waals surface area contributed by atoms with Crippen molar-refractivity contribution in [3.8, 4) is 11.8 Å². The monoisotopic (exact) mass is 299 g/mol. The highest BCUT2D eigenvalue weighted by Gasteiger charge is 2.40. The van der Waals surface area contributed by atoms with E-state index in [9.17, 15) is 13.2 Å². The highest BCUT2D eigenvalue weighted by atomic mass is 19.4. The lowest BCUT2D eigenvalue weighted by molar-refractivity contribution is -0.165. The van der Waals surface area contributed by atoms with Crippen LogP contribution < -0.4 is 15.0 Å². The van der Waals surface area contributed by atoms with Crippen molar-refractivity contribution in [2.45, 2.75) is 6.18 Å².